The summed E-state index contributed by atoms with van der Waals surface area (Å²) in [5.41, 5.74) is 1.20. The molecule has 2 heterocycles. The Kier molecular flexibility index (Phi) is 5.45. The van der Waals surface area contributed by atoms with Gasteiger partial charge in [-0.05, 0) is 16.3 Å². The van der Waals surface area contributed by atoms with Crippen LogP contribution in [0.15, 0.2) is 48.7 Å². The maximum Gasteiger partial charge on any atom is 0.355 e. The van der Waals surface area contributed by atoms with Crippen molar-refractivity contribution < 1.29 is 19.4 Å². The summed E-state index contributed by atoms with van der Waals surface area (Å²) >= 11 is 0. The Labute approximate surface area is 162 Å². The third kappa shape index (κ3) is 3.95. The first-order valence-corrected chi connectivity index (χ1v) is 9.24. The lowest BCUT2D eigenvalue weighted by atomic mass is 9.98. The van der Waals surface area contributed by atoms with Crippen LogP contribution < -0.4 is 4.74 Å². The van der Waals surface area contributed by atoms with Gasteiger partial charge in [-0.3, -0.25) is 4.90 Å². The van der Waals surface area contributed by atoms with Crippen molar-refractivity contribution in [2.75, 3.05) is 39.5 Å². The molecule has 1 saturated heterocycles. The van der Waals surface area contributed by atoms with Gasteiger partial charge in [0.1, 0.15) is 6.61 Å². The Bertz CT molecular complexity index is 981. The molecule has 0 amide bonds. The Morgan fingerprint density at radius 1 is 1.11 bits per heavy atom. The molecule has 1 aliphatic rings. The van der Waals surface area contributed by atoms with Gasteiger partial charge in [-0.2, -0.15) is 4.98 Å². The second-order valence-electron chi connectivity index (χ2n) is 6.55. The van der Waals surface area contributed by atoms with E-state index in [2.05, 4.69) is 14.9 Å². The van der Waals surface area contributed by atoms with Crippen LogP contribution in [0.5, 0.6) is 6.01 Å². The Hall–Kier alpha value is -3.03. The van der Waals surface area contributed by atoms with Crippen molar-refractivity contribution in [3.63, 3.8) is 0 Å². The molecule has 0 saturated carbocycles. The number of aromatic nitrogens is 2. The topological polar surface area (TPSA) is 84.8 Å². The molecule has 28 heavy (non-hydrogen) atoms. The first-order valence-electron chi connectivity index (χ1n) is 9.24. The smallest absolute Gasteiger partial charge is 0.355 e. The molecule has 1 aliphatic heterocycles. The van der Waals surface area contributed by atoms with Gasteiger partial charge in [-0.1, -0.05) is 42.5 Å². The fraction of sp³-hybridized carbons (Fsp3) is 0.286. The van der Waals surface area contributed by atoms with Gasteiger partial charge in [-0.25, -0.2) is 9.78 Å². The van der Waals surface area contributed by atoms with Gasteiger partial charge >= 0.3 is 12.0 Å². The highest BCUT2D eigenvalue weighted by molar-refractivity contribution is 6.02. The summed E-state index contributed by atoms with van der Waals surface area (Å²) < 4.78 is 10.9. The van der Waals surface area contributed by atoms with Crippen LogP contribution in [0.3, 0.4) is 0 Å². The summed E-state index contributed by atoms with van der Waals surface area (Å²) in [6, 6.07) is 13.7. The molecule has 0 radical (unpaired) electrons. The van der Waals surface area contributed by atoms with Crippen LogP contribution in [0.1, 0.15) is 10.5 Å². The Balaban J connectivity index is 1.57. The third-order valence-electron chi connectivity index (χ3n) is 4.79. The Morgan fingerprint density at radius 3 is 2.71 bits per heavy atom. The van der Waals surface area contributed by atoms with E-state index in [1.165, 1.54) is 6.20 Å². The molecule has 1 N–H and O–H groups in total. The first-order chi connectivity index (χ1) is 13.7. The number of hydrogen-bond acceptors (Lipinski definition) is 6. The minimum Gasteiger partial charge on any atom is -0.476 e. The van der Waals surface area contributed by atoms with E-state index in [-0.39, 0.29) is 11.7 Å². The number of aromatic carboxylic acids is 1. The van der Waals surface area contributed by atoms with Crippen molar-refractivity contribution in [3.8, 4) is 17.1 Å². The normalized spacial score (nSPS) is 14.9. The first kappa shape index (κ1) is 18.3. The van der Waals surface area contributed by atoms with E-state index in [1.807, 2.05) is 42.5 Å². The largest absolute Gasteiger partial charge is 0.476 e. The summed E-state index contributed by atoms with van der Waals surface area (Å²) in [5, 5.41) is 11.7. The van der Waals surface area contributed by atoms with E-state index < -0.39 is 5.97 Å². The SMILES string of the molecule is O=C(O)c1nc(OCCN2CCOCC2)ncc1-c1cccc2ccccc12. The number of rotatable bonds is 6. The summed E-state index contributed by atoms with van der Waals surface area (Å²) in [6.45, 7) is 4.29. The fourth-order valence-corrected chi connectivity index (χ4v) is 3.35. The number of carboxylic acid groups (broad SMARTS) is 1. The van der Waals surface area contributed by atoms with Gasteiger partial charge in [0.2, 0.25) is 0 Å². The van der Waals surface area contributed by atoms with Crippen LogP contribution in [0.25, 0.3) is 21.9 Å². The number of carboxylic acids is 1. The molecule has 0 spiro atoms. The third-order valence-corrected chi connectivity index (χ3v) is 4.79. The van der Waals surface area contributed by atoms with Gasteiger partial charge in [-0.15, -0.1) is 0 Å². The van der Waals surface area contributed by atoms with Crippen molar-refractivity contribution in [3.05, 3.63) is 54.4 Å². The molecule has 1 aromatic heterocycles. The number of carbonyl (C=O) groups is 1. The van der Waals surface area contributed by atoms with Crippen molar-refractivity contribution in [2.45, 2.75) is 0 Å². The lowest BCUT2D eigenvalue weighted by molar-refractivity contribution is 0.0316. The number of morpholine rings is 1. The summed E-state index contributed by atoms with van der Waals surface area (Å²) in [6.07, 6.45) is 1.53. The summed E-state index contributed by atoms with van der Waals surface area (Å²) in [7, 11) is 0. The van der Waals surface area contributed by atoms with Gasteiger partial charge in [0, 0.05) is 31.4 Å². The predicted molar refractivity (Wildman–Crippen MR) is 105 cm³/mol. The van der Waals surface area contributed by atoms with Crippen LogP contribution in [-0.4, -0.2) is 65.4 Å². The minimum atomic E-state index is -1.11. The zero-order chi connectivity index (χ0) is 19.3. The average molecular weight is 379 g/mol. The zero-order valence-electron chi connectivity index (χ0n) is 15.4. The minimum absolute atomic E-state index is 0.0623. The van der Waals surface area contributed by atoms with E-state index in [1.54, 1.807) is 0 Å². The van der Waals surface area contributed by atoms with Crippen LogP contribution in [-0.2, 0) is 4.74 Å². The molecule has 0 unspecified atom stereocenters. The second-order valence-corrected chi connectivity index (χ2v) is 6.55. The van der Waals surface area contributed by atoms with Gasteiger partial charge in [0.15, 0.2) is 5.69 Å². The summed E-state index contributed by atoms with van der Waals surface area (Å²) in [4.78, 5) is 22.5. The molecule has 7 heteroatoms. The average Bonchev–Trinajstić information content (AvgIpc) is 2.74. The molecule has 144 valence electrons. The number of fused-ring (bicyclic) bond motifs is 1. The highest BCUT2D eigenvalue weighted by Crippen LogP contribution is 2.30. The molecule has 3 aromatic rings. The molecule has 0 bridgehead atoms. The van der Waals surface area contributed by atoms with E-state index in [0.717, 1.165) is 49.2 Å². The molecule has 4 rings (SSSR count). The molecule has 2 aromatic carbocycles. The van der Waals surface area contributed by atoms with E-state index in [9.17, 15) is 9.90 Å². The maximum absolute atomic E-state index is 11.8. The predicted octanol–water partition coefficient (Wildman–Crippen LogP) is 2.71. The number of ether oxygens (including phenoxy) is 2. The van der Waals surface area contributed by atoms with Crippen LogP contribution >= 0.6 is 0 Å². The van der Waals surface area contributed by atoms with Crippen LogP contribution in [0.2, 0.25) is 0 Å². The lowest BCUT2D eigenvalue weighted by Crippen LogP contribution is -2.38. The molecule has 1 fully saturated rings. The number of hydrogen-bond donors (Lipinski definition) is 1. The van der Waals surface area contributed by atoms with E-state index >= 15 is 0 Å². The van der Waals surface area contributed by atoms with E-state index in [4.69, 9.17) is 9.47 Å². The van der Waals surface area contributed by atoms with Gasteiger partial charge in [0.05, 0.1) is 13.2 Å². The van der Waals surface area contributed by atoms with Crippen LogP contribution in [0, 0.1) is 0 Å². The van der Waals surface area contributed by atoms with Crippen molar-refractivity contribution in [2.24, 2.45) is 0 Å². The molecule has 7 nitrogen and oxygen atoms in total. The fourth-order valence-electron chi connectivity index (χ4n) is 3.35. The van der Waals surface area contributed by atoms with Gasteiger partial charge in [0.25, 0.3) is 0 Å². The summed E-state index contributed by atoms with van der Waals surface area (Å²) in [5.74, 6) is -1.11. The van der Waals surface area contributed by atoms with Crippen LogP contribution in [0.4, 0.5) is 0 Å². The molecule has 0 aliphatic carbocycles. The zero-order valence-corrected chi connectivity index (χ0v) is 15.4. The van der Waals surface area contributed by atoms with Gasteiger partial charge < -0.3 is 14.6 Å². The highest BCUT2D eigenvalue weighted by atomic mass is 16.5. The highest BCUT2D eigenvalue weighted by Gasteiger charge is 2.18. The molecule has 0 atom stereocenters. The van der Waals surface area contributed by atoms with E-state index in [0.29, 0.717) is 12.2 Å². The molecular weight excluding hydrogens is 358 g/mol. The van der Waals surface area contributed by atoms with Crippen molar-refractivity contribution in [1.29, 1.82) is 0 Å². The number of benzene rings is 2. The monoisotopic (exact) mass is 379 g/mol. The Morgan fingerprint density at radius 2 is 1.89 bits per heavy atom. The standard InChI is InChI=1S/C21H21N3O4/c25-20(26)19-18(17-7-3-5-15-4-1-2-6-16(15)17)14-22-21(23-19)28-13-10-24-8-11-27-12-9-24/h1-7,14H,8-13H2,(H,25,26). The number of nitrogens with zero attached hydrogens (tertiary/aromatic N) is 3. The van der Waals surface area contributed by atoms with Crippen molar-refractivity contribution in [1.82, 2.24) is 14.9 Å². The quantitative estimate of drug-likeness (QED) is 0.705. The molecular formula is C21H21N3O4. The second kappa shape index (κ2) is 8.33. The maximum atomic E-state index is 11.8. The van der Waals surface area contributed by atoms with Crippen molar-refractivity contribution >= 4 is 16.7 Å². The lowest BCUT2D eigenvalue weighted by Gasteiger charge is -2.26.